The third-order valence-electron chi connectivity index (χ3n) is 5.17. The van der Waals surface area contributed by atoms with Crippen LogP contribution in [0.4, 0.5) is 5.69 Å². The maximum atomic E-state index is 13.3. The van der Waals surface area contributed by atoms with Crippen molar-refractivity contribution in [2.24, 2.45) is 5.92 Å². The summed E-state index contributed by atoms with van der Waals surface area (Å²) in [6.45, 7) is 4.62. The van der Waals surface area contributed by atoms with Crippen molar-refractivity contribution in [1.82, 2.24) is 4.90 Å². The van der Waals surface area contributed by atoms with E-state index in [0.717, 1.165) is 12.0 Å². The largest absolute Gasteiger partial charge is 0.454 e. The van der Waals surface area contributed by atoms with E-state index in [1.807, 2.05) is 0 Å². The van der Waals surface area contributed by atoms with Crippen molar-refractivity contribution in [1.29, 1.82) is 0 Å². The molecule has 0 unspecified atom stereocenters. The first-order chi connectivity index (χ1) is 15.9. The number of imide groups is 1. The minimum atomic E-state index is -1.17. The van der Waals surface area contributed by atoms with Gasteiger partial charge in [-0.1, -0.05) is 31.5 Å². The minimum absolute atomic E-state index is 0.299. The van der Waals surface area contributed by atoms with Crippen LogP contribution in [0, 0.1) is 27.1 Å². The Balaban J connectivity index is 1.81. The summed E-state index contributed by atoms with van der Waals surface area (Å²) in [5.41, 5.74) is 1.78. The number of benzene rings is 2. The van der Waals surface area contributed by atoms with Crippen LogP contribution in [-0.4, -0.2) is 41.2 Å². The quantitative estimate of drug-likeness (QED) is 0.129. The van der Waals surface area contributed by atoms with Gasteiger partial charge < -0.3 is 10.1 Å². The number of ether oxygens (including phenoxy) is 1. The van der Waals surface area contributed by atoms with Crippen molar-refractivity contribution in [3.63, 3.8) is 0 Å². The Morgan fingerprint density at radius 3 is 2.03 bits per heavy atom. The number of hydrogen-bond donors (Lipinski definition) is 1. The van der Waals surface area contributed by atoms with E-state index < -0.39 is 42.3 Å². The molecule has 0 spiro atoms. The second kappa shape index (κ2) is 11.4. The molecule has 0 radical (unpaired) electrons. The number of fused-ring (bicyclic) bond motifs is 1. The second-order valence-corrected chi connectivity index (χ2v) is 12.5. The Morgan fingerprint density at radius 2 is 1.53 bits per heavy atom. The molecule has 3 rings (SSSR count). The molecule has 3 amide bonds. The molecule has 180 valence electrons. The number of halogens is 5. The molecule has 1 atom stereocenters. The van der Waals surface area contributed by atoms with Gasteiger partial charge in [0.2, 0.25) is 0 Å². The van der Waals surface area contributed by atoms with Crippen molar-refractivity contribution in [3.8, 4) is 0 Å². The standard InChI is InChI=1S/C22H17ClI4N2O5/c1-8(2)19(22(33)34-7-12(30)28-11-6-4-5-10(23)9(11)3)29-20(31)13-14(21(29)32)16(25)18(27)17(26)15(13)24/h4-6,8,19H,7H2,1-3H3,(H,28,30)/t19-/m0/s1. The number of amides is 3. The number of nitrogens with zero attached hydrogens (tertiary/aromatic N) is 1. The Labute approximate surface area is 256 Å². The van der Waals surface area contributed by atoms with Gasteiger partial charge in [-0.3, -0.25) is 19.3 Å². The first-order valence-electron chi connectivity index (χ1n) is 9.83. The number of carbonyl (C=O) groups is 4. The third kappa shape index (κ3) is 5.37. The summed E-state index contributed by atoms with van der Waals surface area (Å²) in [5.74, 6) is -2.88. The fourth-order valence-corrected chi connectivity index (χ4v) is 7.27. The molecule has 1 aliphatic rings. The fraction of sp³-hybridized carbons (Fsp3) is 0.273. The molecular formula is C22H17ClI4N2O5. The summed E-state index contributed by atoms with van der Waals surface area (Å²) in [5, 5.41) is 3.15. The zero-order chi connectivity index (χ0) is 25.5. The van der Waals surface area contributed by atoms with E-state index in [0.29, 0.717) is 34.5 Å². The highest BCUT2D eigenvalue weighted by Gasteiger charge is 2.47. The topological polar surface area (TPSA) is 92.8 Å². The van der Waals surface area contributed by atoms with Crippen LogP contribution >= 0.6 is 102 Å². The fourth-order valence-electron chi connectivity index (χ4n) is 3.45. The van der Waals surface area contributed by atoms with Crippen molar-refractivity contribution >= 4 is 131 Å². The molecule has 1 N–H and O–H groups in total. The summed E-state index contributed by atoms with van der Waals surface area (Å²) in [6.07, 6.45) is 0. The molecule has 1 heterocycles. The first-order valence-corrected chi connectivity index (χ1v) is 14.5. The highest BCUT2D eigenvalue weighted by molar-refractivity contribution is 14.1. The predicted octanol–water partition coefficient (Wildman–Crippen LogP) is 5.87. The summed E-state index contributed by atoms with van der Waals surface area (Å²) in [7, 11) is 0. The van der Waals surface area contributed by atoms with Crippen LogP contribution < -0.4 is 5.32 Å². The van der Waals surface area contributed by atoms with Crippen molar-refractivity contribution in [2.75, 3.05) is 11.9 Å². The Kier molecular flexibility index (Phi) is 9.50. The molecule has 0 aromatic heterocycles. The van der Waals surface area contributed by atoms with Gasteiger partial charge in [-0.25, -0.2) is 4.79 Å². The Bertz CT molecular complexity index is 1190. The van der Waals surface area contributed by atoms with Gasteiger partial charge in [-0.2, -0.15) is 0 Å². The van der Waals surface area contributed by atoms with E-state index in [-0.39, 0.29) is 0 Å². The van der Waals surface area contributed by atoms with Crippen molar-refractivity contribution in [2.45, 2.75) is 26.8 Å². The molecule has 2 aromatic rings. The molecule has 34 heavy (non-hydrogen) atoms. The van der Waals surface area contributed by atoms with Gasteiger partial charge >= 0.3 is 5.97 Å². The van der Waals surface area contributed by atoms with Crippen LogP contribution in [0.25, 0.3) is 0 Å². The number of hydrogen-bond acceptors (Lipinski definition) is 5. The number of rotatable bonds is 6. The average Bonchev–Trinajstić information content (AvgIpc) is 3.03. The van der Waals surface area contributed by atoms with Crippen LogP contribution in [0.3, 0.4) is 0 Å². The normalized spacial score (nSPS) is 13.9. The molecule has 0 fully saturated rings. The molecule has 0 aliphatic carbocycles. The molecule has 0 saturated heterocycles. The number of nitrogens with one attached hydrogen (secondary N) is 1. The predicted molar refractivity (Wildman–Crippen MR) is 162 cm³/mol. The van der Waals surface area contributed by atoms with Gasteiger partial charge in [-0.15, -0.1) is 0 Å². The van der Waals surface area contributed by atoms with Gasteiger partial charge in [0.05, 0.1) is 11.1 Å². The number of anilines is 1. The van der Waals surface area contributed by atoms with E-state index >= 15 is 0 Å². The lowest BCUT2D eigenvalue weighted by Crippen LogP contribution is -2.49. The lowest BCUT2D eigenvalue weighted by molar-refractivity contribution is -0.152. The SMILES string of the molecule is Cc1c(Cl)cccc1NC(=O)COC(=O)[C@H](C(C)C)N1C(=O)c2c(I)c(I)c(I)c(I)c2C1=O. The van der Waals surface area contributed by atoms with Gasteiger partial charge in [0, 0.05) is 25.0 Å². The molecule has 1 aliphatic heterocycles. The van der Waals surface area contributed by atoms with Crippen LogP contribution in [0.5, 0.6) is 0 Å². The maximum absolute atomic E-state index is 13.3. The molecule has 0 saturated carbocycles. The van der Waals surface area contributed by atoms with Crippen LogP contribution in [-0.2, 0) is 14.3 Å². The summed E-state index contributed by atoms with van der Waals surface area (Å²) < 4.78 is 8.35. The molecule has 2 aromatic carbocycles. The Hall–Kier alpha value is -0.270. The zero-order valence-corrected chi connectivity index (χ0v) is 27.4. The maximum Gasteiger partial charge on any atom is 0.330 e. The summed E-state index contributed by atoms with van der Waals surface area (Å²) >= 11 is 14.5. The van der Waals surface area contributed by atoms with Gasteiger partial charge in [0.25, 0.3) is 17.7 Å². The van der Waals surface area contributed by atoms with Crippen LogP contribution in [0.2, 0.25) is 5.02 Å². The third-order valence-corrected chi connectivity index (χ3v) is 13.0. The lowest BCUT2D eigenvalue weighted by Gasteiger charge is -2.27. The second-order valence-electron chi connectivity index (χ2n) is 7.74. The van der Waals surface area contributed by atoms with E-state index in [1.54, 1.807) is 39.0 Å². The van der Waals surface area contributed by atoms with Crippen molar-refractivity contribution < 1.29 is 23.9 Å². The molecular weight excluding hydrogens is 915 g/mol. The summed E-state index contributed by atoms with van der Waals surface area (Å²) in [4.78, 5) is 53.0. The highest BCUT2D eigenvalue weighted by Crippen LogP contribution is 2.39. The monoisotopic (exact) mass is 932 g/mol. The van der Waals surface area contributed by atoms with Gasteiger partial charge in [0.1, 0.15) is 6.04 Å². The van der Waals surface area contributed by atoms with Gasteiger partial charge in [-0.05, 0) is 121 Å². The highest BCUT2D eigenvalue weighted by atomic mass is 127. The average molecular weight is 932 g/mol. The smallest absolute Gasteiger partial charge is 0.330 e. The molecule has 0 bridgehead atoms. The molecule has 7 nitrogen and oxygen atoms in total. The molecule has 12 heteroatoms. The lowest BCUT2D eigenvalue weighted by atomic mass is 10.0. The first kappa shape index (κ1) is 28.3. The minimum Gasteiger partial charge on any atom is -0.454 e. The van der Waals surface area contributed by atoms with Crippen molar-refractivity contribution in [3.05, 3.63) is 54.2 Å². The Morgan fingerprint density at radius 1 is 1.00 bits per heavy atom. The van der Waals surface area contributed by atoms with Gasteiger partial charge in [0.15, 0.2) is 6.61 Å². The van der Waals surface area contributed by atoms with E-state index in [2.05, 4.69) is 95.7 Å². The van der Waals surface area contributed by atoms with E-state index in [1.165, 1.54) is 0 Å². The van der Waals surface area contributed by atoms with Crippen LogP contribution in [0.1, 0.15) is 40.1 Å². The number of carbonyl (C=O) groups excluding carboxylic acids is 4. The van der Waals surface area contributed by atoms with E-state index in [9.17, 15) is 19.2 Å². The van der Waals surface area contributed by atoms with E-state index in [4.69, 9.17) is 16.3 Å². The number of esters is 1. The van der Waals surface area contributed by atoms with Crippen LogP contribution in [0.15, 0.2) is 18.2 Å². The zero-order valence-electron chi connectivity index (χ0n) is 18.0. The summed E-state index contributed by atoms with van der Waals surface area (Å²) in [6, 6.07) is 3.91.